The molecule has 0 aliphatic carbocycles. The molecule has 0 heterocycles. The van der Waals surface area contributed by atoms with Gasteiger partial charge in [0, 0.05) is 5.33 Å². The van der Waals surface area contributed by atoms with Crippen LogP contribution >= 0.6 is 15.9 Å². The topological polar surface area (TPSA) is 72.6 Å². The summed E-state index contributed by atoms with van der Waals surface area (Å²) in [6.45, 7) is 1.43. The van der Waals surface area contributed by atoms with Gasteiger partial charge in [0.15, 0.2) is 0 Å². The molecule has 0 aromatic carbocycles. The second-order valence-electron chi connectivity index (χ2n) is 1.76. The first-order valence-electron chi connectivity index (χ1n) is 2.63. The number of aliphatic hydroxyl groups excluding tert-OH is 1. The summed E-state index contributed by atoms with van der Waals surface area (Å²) in [6.07, 6.45) is -1.63. The monoisotopic (exact) mass is 213 g/mol. The van der Waals surface area contributed by atoms with E-state index in [9.17, 15) is 10.1 Å². The third-order valence-electron chi connectivity index (χ3n) is 0.952. The molecule has 2 atom stereocenters. The number of nitrogens with zero attached hydrogens (tertiary/aromatic N) is 1. The Balaban J connectivity index is 3.61. The minimum atomic E-state index is -0.920. The van der Waals surface area contributed by atoms with Crippen LogP contribution < -0.4 is 0 Å². The molecule has 1 N–H and O–H groups in total. The standard InChI is InChI=1S/C4H8BrNO4/c1-3(4(7)2-5)10-6(8)9/h3-4,7H,2H2,1H3. The van der Waals surface area contributed by atoms with Crippen LogP contribution in [-0.2, 0) is 4.84 Å². The number of halogens is 1. The summed E-state index contributed by atoms with van der Waals surface area (Å²) in [7, 11) is 0. The molecule has 0 aromatic heterocycles. The number of aliphatic hydroxyl groups is 1. The van der Waals surface area contributed by atoms with Crippen molar-refractivity contribution in [1.29, 1.82) is 0 Å². The molecule has 0 bridgehead atoms. The maximum Gasteiger partial charge on any atom is 0.294 e. The fraction of sp³-hybridized carbons (Fsp3) is 1.00. The van der Waals surface area contributed by atoms with E-state index in [-0.39, 0.29) is 5.33 Å². The Morgan fingerprint density at radius 1 is 1.90 bits per heavy atom. The predicted molar refractivity (Wildman–Crippen MR) is 37.3 cm³/mol. The second-order valence-corrected chi connectivity index (χ2v) is 2.40. The smallest absolute Gasteiger partial charge is 0.294 e. The molecule has 0 saturated carbocycles. The quantitative estimate of drug-likeness (QED) is 0.416. The summed E-state index contributed by atoms with van der Waals surface area (Å²) in [4.78, 5) is 13.7. The van der Waals surface area contributed by atoms with Crippen molar-refractivity contribution >= 4 is 15.9 Å². The molecule has 0 aliphatic heterocycles. The molecule has 0 radical (unpaired) electrons. The molecule has 0 rings (SSSR count). The first-order valence-corrected chi connectivity index (χ1v) is 3.75. The highest BCUT2D eigenvalue weighted by molar-refractivity contribution is 9.09. The Bertz CT molecular complexity index is 120. The number of hydrogen-bond acceptors (Lipinski definition) is 4. The maximum absolute atomic E-state index is 9.69. The summed E-state index contributed by atoms with van der Waals surface area (Å²) < 4.78 is 0. The van der Waals surface area contributed by atoms with Gasteiger partial charge in [-0.05, 0) is 6.92 Å². The summed E-state index contributed by atoms with van der Waals surface area (Å²) in [5.74, 6) is 0. The third-order valence-corrected chi connectivity index (χ3v) is 1.62. The van der Waals surface area contributed by atoms with E-state index in [0.717, 1.165) is 0 Å². The SMILES string of the molecule is CC(O[N+](=O)[O-])C(O)CBr. The highest BCUT2D eigenvalue weighted by Gasteiger charge is 2.15. The number of alkyl halides is 1. The first-order chi connectivity index (χ1) is 4.57. The van der Waals surface area contributed by atoms with E-state index < -0.39 is 17.3 Å². The van der Waals surface area contributed by atoms with Crippen LogP contribution in [0.3, 0.4) is 0 Å². The lowest BCUT2D eigenvalue weighted by atomic mass is 10.3. The lowest BCUT2D eigenvalue weighted by Gasteiger charge is -2.13. The van der Waals surface area contributed by atoms with E-state index in [4.69, 9.17) is 5.11 Å². The average molecular weight is 214 g/mol. The van der Waals surface area contributed by atoms with Gasteiger partial charge in [0.2, 0.25) is 0 Å². The highest BCUT2D eigenvalue weighted by Crippen LogP contribution is 2.01. The molecular formula is C4H8BrNO4. The number of hydrogen-bond donors (Lipinski definition) is 1. The van der Waals surface area contributed by atoms with Crippen molar-refractivity contribution in [1.82, 2.24) is 0 Å². The molecule has 0 aliphatic rings. The fourth-order valence-electron chi connectivity index (χ4n) is 0.331. The molecule has 0 spiro atoms. The minimum Gasteiger partial charge on any atom is -0.390 e. The first kappa shape index (κ1) is 9.64. The summed E-state index contributed by atoms with van der Waals surface area (Å²) in [5, 5.41) is 17.9. The number of rotatable bonds is 4. The normalized spacial score (nSPS) is 15.9. The molecular weight excluding hydrogens is 206 g/mol. The van der Waals surface area contributed by atoms with E-state index in [1.54, 1.807) is 0 Å². The Labute approximate surface area is 66.2 Å². The van der Waals surface area contributed by atoms with Gasteiger partial charge in [-0.2, -0.15) is 0 Å². The predicted octanol–water partition coefficient (Wildman–Crippen LogP) is 0.339. The minimum absolute atomic E-state index is 0.266. The lowest BCUT2D eigenvalue weighted by Crippen LogP contribution is -2.29. The van der Waals surface area contributed by atoms with Crippen molar-refractivity contribution in [2.45, 2.75) is 19.1 Å². The van der Waals surface area contributed by atoms with Gasteiger partial charge in [0.05, 0.1) is 6.10 Å². The van der Waals surface area contributed by atoms with Crippen LogP contribution in [-0.4, -0.2) is 27.7 Å². The molecule has 0 aromatic rings. The van der Waals surface area contributed by atoms with Gasteiger partial charge in [-0.25, -0.2) is 0 Å². The molecule has 0 saturated heterocycles. The Morgan fingerprint density at radius 3 is 2.70 bits per heavy atom. The van der Waals surface area contributed by atoms with Crippen molar-refractivity contribution in [3.05, 3.63) is 10.1 Å². The third kappa shape index (κ3) is 3.62. The van der Waals surface area contributed by atoms with E-state index in [1.807, 2.05) is 0 Å². The molecule has 10 heavy (non-hydrogen) atoms. The fourth-order valence-corrected chi connectivity index (χ4v) is 0.858. The Kier molecular flexibility index (Phi) is 4.29. The van der Waals surface area contributed by atoms with Gasteiger partial charge in [-0.15, -0.1) is 10.1 Å². The van der Waals surface area contributed by atoms with Crippen LogP contribution in [0.5, 0.6) is 0 Å². The Morgan fingerprint density at radius 2 is 2.40 bits per heavy atom. The van der Waals surface area contributed by atoms with Gasteiger partial charge >= 0.3 is 0 Å². The van der Waals surface area contributed by atoms with Crippen LogP contribution in [0, 0.1) is 10.1 Å². The van der Waals surface area contributed by atoms with E-state index in [2.05, 4.69) is 20.8 Å². The van der Waals surface area contributed by atoms with E-state index >= 15 is 0 Å². The van der Waals surface area contributed by atoms with Crippen LogP contribution in [0.15, 0.2) is 0 Å². The lowest BCUT2D eigenvalue weighted by molar-refractivity contribution is -0.769. The molecule has 0 fully saturated rings. The zero-order valence-electron chi connectivity index (χ0n) is 5.36. The zero-order valence-corrected chi connectivity index (χ0v) is 6.94. The van der Waals surface area contributed by atoms with Gasteiger partial charge in [-0.1, -0.05) is 15.9 Å². The van der Waals surface area contributed by atoms with E-state index in [1.165, 1.54) is 6.92 Å². The van der Waals surface area contributed by atoms with Gasteiger partial charge in [0.1, 0.15) is 6.10 Å². The molecule has 0 amide bonds. The average Bonchev–Trinajstić information content (AvgIpc) is 1.85. The molecule has 5 nitrogen and oxygen atoms in total. The van der Waals surface area contributed by atoms with Crippen molar-refractivity contribution in [3.63, 3.8) is 0 Å². The second kappa shape index (κ2) is 4.45. The maximum atomic E-state index is 9.69. The van der Waals surface area contributed by atoms with E-state index in [0.29, 0.717) is 0 Å². The highest BCUT2D eigenvalue weighted by atomic mass is 79.9. The summed E-state index contributed by atoms with van der Waals surface area (Å²) in [6, 6.07) is 0. The molecule has 6 heteroatoms. The zero-order chi connectivity index (χ0) is 8.15. The molecule has 2 unspecified atom stereocenters. The van der Waals surface area contributed by atoms with Gasteiger partial charge in [-0.3, -0.25) is 0 Å². The molecule has 60 valence electrons. The van der Waals surface area contributed by atoms with Crippen LogP contribution in [0.25, 0.3) is 0 Å². The Hall–Kier alpha value is -0.360. The van der Waals surface area contributed by atoms with Crippen LogP contribution in [0.2, 0.25) is 0 Å². The van der Waals surface area contributed by atoms with Crippen molar-refractivity contribution in [2.75, 3.05) is 5.33 Å². The van der Waals surface area contributed by atoms with Gasteiger partial charge < -0.3 is 9.94 Å². The largest absolute Gasteiger partial charge is 0.390 e. The van der Waals surface area contributed by atoms with Crippen molar-refractivity contribution in [3.8, 4) is 0 Å². The summed E-state index contributed by atoms with van der Waals surface area (Å²) in [5.41, 5.74) is 0. The van der Waals surface area contributed by atoms with Crippen molar-refractivity contribution in [2.24, 2.45) is 0 Å². The van der Waals surface area contributed by atoms with Crippen LogP contribution in [0.1, 0.15) is 6.92 Å². The van der Waals surface area contributed by atoms with Gasteiger partial charge in [0.25, 0.3) is 5.09 Å². The summed E-state index contributed by atoms with van der Waals surface area (Å²) >= 11 is 2.95. The van der Waals surface area contributed by atoms with Crippen molar-refractivity contribution < 1.29 is 15.0 Å². The van der Waals surface area contributed by atoms with Crippen LogP contribution in [0.4, 0.5) is 0 Å².